The molecule has 3 aromatic carbocycles. The number of hydrogen-bond donors (Lipinski definition) is 2. The van der Waals surface area contributed by atoms with E-state index in [1.54, 1.807) is 22.7 Å². The third kappa shape index (κ3) is 7.87. The normalized spacial score (nSPS) is 13.0. The van der Waals surface area contributed by atoms with Crippen molar-refractivity contribution in [2.45, 2.75) is 31.3 Å². The van der Waals surface area contributed by atoms with Crippen LogP contribution in [0.1, 0.15) is 29.5 Å². The number of nitrogens with zero attached hydrogens (tertiary/aromatic N) is 1. The van der Waals surface area contributed by atoms with E-state index in [2.05, 4.69) is 10.6 Å². The van der Waals surface area contributed by atoms with Crippen molar-refractivity contribution in [1.82, 2.24) is 0 Å². The molecule has 0 aromatic heterocycles. The quantitative estimate of drug-likeness (QED) is 0.323. The first-order chi connectivity index (χ1) is 18.0. The molecule has 3 amide bonds. The van der Waals surface area contributed by atoms with Crippen molar-refractivity contribution in [3.8, 4) is 0 Å². The topological polar surface area (TPSA) is 78.5 Å². The molecule has 1 aliphatic heterocycles. The lowest BCUT2D eigenvalue weighted by atomic mass is 10.1. The Morgan fingerprint density at radius 3 is 1.86 bits per heavy atom. The van der Waals surface area contributed by atoms with Gasteiger partial charge < -0.3 is 15.5 Å². The highest BCUT2D eigenvalue weighted by molar-refractivity contribution is 7.99. The average molecular weight is 534 g/mol. The highest BCUT2D eigenvalue weighted by Gasteiger charge is 2.25. The summed E-state index contributed by atoms with van der Waals surface area (Å²) in [5.41, 5.74) is 5.03. The van der Waals surface area contributed by atoms with Crippen LogP contribution in [0.15, 0.2) is 72.8 Å². The van der Waals surface area contributed by atoms with Crippen LogP contribution in [-0.2, 0) is 25.9 Å². The molecule has 3 aromatic rings. The van der Waals surface area contributed by atoms with Crippen molar-refractivity contribution in [1.29, 1.82) is 0 Å². The predicted molar refractivity (Wildman–Crippen MR) is 155 cm³/mol. The number of carbonyl (C=O) groups excluding carboxylic acids is 3. The summed E-state index contributed by atoms with van der Waals surface area (Å²) >= 11 is 3.08. The van der Waals surface area contributed by atoms with E-state index in [1.165, 1.54) is 17.3 Å². The first-order valence-electron chi connectivity index (χ1n) is 12.3. The molecule has 8 heteroatoms. The number of hydrogen-bond acceptors (Lipinski definition) is 5. The number of amides is 3. The molecule has 0 bridgehead atoms. The molecule has 0 radical (unpaired) electrons. The maximum absolute atomic E-state index is 12.8. The van der Waals surface area contributed by atoms with Gasteiger partial charge in [0.1, 0.15) is 0 Å². The Balaban J connectivity index is 1.42. The molecule has 1 saturated heterocycles. The van der Waals surface area contributed by atoms with E-state index in [-0.39, 0.29) is 23.5 Å². The summed E-state index contributed by atoms with van der Waals surface area (Å²) in [5, 5.41) is 5.97. The van der Waals surface area contributed by atoms with Crippen LogP contribution < -0.4 is 15.5 Å². The maximum Gasteiger partial charge on any atom is 0.234 e. The summed E-state index contributed by atoms with van der Waals surface area (Å²) in [6.07, 6.45) is 1.28. The zero-order valence-corrected chi connectivity index (χ0v) is 22.5. The average Bonchev–Trinajstić information content (AvgIpc) is 3.32. The van der Waals surface area contributed by atoms with Crippen LogP contribution in [0.4, 0.5) is 17.1 Å². The van der Waals surface area contributed by atoms with Crippen LogP contribution in [-0.4, -0.2) is 35.8 Å². The third-order valence-corrected chi connectivity index (χ3v) is 7.95. The fourth-order valence-corrected chi connectivity index (χ4v) is 5.67. The summed E-state index contributed by atoms with van der Waals surface area (Å²) in [5.74, 6) is 1.89. The molecule has 0 unspecified atom stereocenters. The Hall–Kier alpha value is -3.23. The molecule has 0 aliphatic carbocycles. The van der Waals surface area contributed by atoms with Gasteiger partial charge in [-0.3, -0.25) is 14.4 Å². The van der Waals surface area contributed by atoms with Crippen LogP contribution in [0.25, 0.3) is 0 Å². The standard InChI is InChI=1S/C29H31N3O3S2/c1-21-15-26(32-14-8-13-29(32)35)25(31-28(34)20-37-18-23-11-6-3-7-12-23)16-24(21)30-27(33)19-36-17-22-9-4-2-5-10-22/h2-7,9-12,15-16H,8,13-14,17-20H2,1H3,(H,30,33)(H,31,34). The minimum Gasteiger partial charge on any atom is -0.325 e. The first-order valence-corrected chi connectivity index (χ1v) is 14.6. The zero-order chi connectivity index (χ0) is 26.0. The van der Waals surface area contributed by atoms with Gasteiger partial charge in [-0.25, -0.2) is 0 Å². The van der Waals surface area contributed by atoms with Crippen molar-refractivity contribution in [2.75, 3.05) is 33.6 Å². The Morgan fingerprint density at radius 1 is 0.811 bits per heavy atom. The number of benzene rings is 3. The third-order valence-electron chi connectivity index (χ3n) is 5.94. The van der Waals surface area contributed by atoms with E-state index in [0.29, 0.717) is 35.8 Å². The predicted octanol–water partition coefficient (Wildman–Crippen LogP) is 5.87. The number of thioether (sulfide) groups is 2. The Bertz CT molecular complexity index is 1240. The van der Waals surface area contributed by atoms with E-state index < -0.39 is 0 Å². The molecular weight excluding hydrogens is 502 g/mol. The summed E-state index contributed by atoms with van der Waals surface area (Å²) in [6.45, 7) is 2.52. The van der Waals surface area contributed by atoms with E-state index in [4.69, 9.17) is 0 Å². The minimum absolute atomic E-state index is 0.0439. The fourth-order valence-electron chi connectivity index (χ4n) is 4.10. The second kappa shape index (κ2) is 13.4. The lowest BCUT2D eigenvalue weighted by Gasteiger charge is -2.22. The van der Waals surface area contributed by atoms with Gasteiger partial charge in [-0.15, -0.1) is 23.5 Å². The van der Waals surface area contributed by atoms with Gasteiger partial charge in [0.05, 0.1) is 22.9 Å². The Kier molecular flexibility index (Phi) is 9.68. The lowest BCUT2D eigenvalue weighted by molar-refractivity contribution is -0.117. The lowest BCUT2D eigenvalue weighted by Crippen LogP contribution is -2.26. The molecule has 192 valence electrons. The van der Waals surface area contributed by atoms with Gasteiger partial charge in [0.2, 0.25) is 17.7 Å². The Labute approximate surface area is 226 Å². The van der Waals surface area contributed by atoms with E-state index in [9.17, 15) is 14.4 Å². The van der Waals surface area contributed by atoms with Gasteiger partial charge in [-0.1, -0.05) is 60.7 Å². The largest absolute Gasteiger partial charge is 0.325 e. The maximum atomic E-state index is 12.8. The van der Waals surface area contributed by atoms with Gasteiger partial charge >= 0.3 is 0 Å². The van der Waals surface area contributed by atoms with Crippen molar-refractivity contribution in [2.24, 2.45) is 0 Å². The number of anilines is 3. The smallest absolute Gasteiger partial charge is 0.234 e. The molecule has 37 heavy (non-hydrogen) atoms. The first kappa shape index (κ1) is 26.8. The van der Waals surface area contributed by atoms with Gasteiger partial charge in [0, 0.05) is 30.2 Å². The van der Waals surface area contributed by atoms with Crippen molar-refractivity contribution < 1.29 is 14.4 Å². The second-order valence-electron chi connectivity index (χ2n) is 8.89. The van der Waals surface area contributed by atoms with Crippen LogP contribution in [0.3, 0.4) is 0 Å². The molecule has 0 saturated carbocycles. The van der Waals surface area contributed by atoms with Gasteiger partial charge in [0.25, 0.3) is 0 Å². The zero-order valence-electron chi connectivity index (χ0n) is 20.9. The number of carbonyl (C=O) groups is 3. The molecule has 1 aliphatic rings. The van der Waals surface area contributed by atoms with Crippen LogP contribution in [0.5, 0.6) is 0 Å². The van der Waals surface area contributed by atoms with Gasteiger partial charge in [-0.2, -0.15) is 0 Å². The molecule has 6 nitrogen and oxygen atoms in total. The summed E-state index contributed by atoms with van der Waals surface area (Å²) in [4.78, 5) is 39.7. The van der Waals surface area contributed by atoms with Crippen LogP contribution in [0.2, 0.25) is 0 Å². The summed E-state index contributed by atoms with van der Waals surface area (Å²) < 4.78 is 0. The molecule has 1 fully saturated rings. The molecule has 4 rings (SSSR count). The highest BCUT2D eigenvalue weighted by atomic mass is 32.2. The number of aryl methyl sites for hydroxylation is 1. The summed E-state index contributed by atoms with van der Waals surface area (Å²) in [6, 6.07) is 23.7. The highest BCUT2D eigenvalue weighted by Crippen LogP contribution is 2.35. The van der Waals surface area contributed by atoms with Crippen molar-refractivity contribution in [3.05, 3.63) is 89.5 Å². The van der Waals surface area contributed by atoms with Gasteiger partial charge in [0.15, 0.2) is 0 Å². The molecule has 0 spiro atoms. The second-order valence-corrected chi connectivity index (χ2v) is 10.9. The molecule has 0 atom stereocenters. The van der Waals surface area contributed by atoms with Crippen molar-refractivity contribution in [3.63, 3.8) is 0 Å². The molecular formula is C29H31N3O3S2. The monoisotopic (exact) mass is 533 g/mol. The van der Waals surface area contributed by atoms with E-state index >= 15 is 0 Å². The fraction of sp³-hybridized carbons (Fsp3) is 0.276. The number of rotatable bonds is 11. The van der Waals surface area contributed by atoms with Crippen LogP contribution in [0, 0.1) is 6.92 Å². The molecule has 2 N–H and O–H groups in total. The molecule has 1 heterocycles. The Morgan fingerprint density at radius 2 is 1.35 bits per heavy atom. The minimum atomic E-state index is -0.145. The summed E-state index contributed by atoms with van der Waals surface area (Å²) in [7, 11) is 0. The SMILES string of the molecule is Cc1cc(N2CCCC2=O)c(NC(=O)CSCc2ccccc2)cc1NC(=O)CSCc1ccccc1. The van der Waals surface area contributed by atoms with E-state index in [1.807, 2.05) is 73.7 Å². The van der Waals surface area contributed by atoms with Crippen LogP contribution >= 0.6 is 23.5 Å². The van der Waals surface area contributed by atoms with Crippen molar-refractivity contribution >= 4 is 58.3 Å². The van der Waals surface area contributed by atoms with E-state index in [0.717, 1.165) is 29.1 Å². The number of nitrogens with one attached hydrogen (secondary N) is 2. The van der Waals surface area contributed by atoms with Gasteiger partial charge in [-0.05, 0) is 42.2 Å².